The largest absolute Gasteiger partial charge is 0.391 e. The van der Waals surface area contributed by atoms with Gasteiger partial charge in [0.15, 0.2) is 0 Å². The molecule has 0 unspecified atom stereocenters. The smallest absolute Gasteiger partial charge is 0.0853 e. The molecule has 6 heteroatoms. The van der Waals surface area contributed by atoms with E-state index in [4.69, 9.17) is 0 Å². The molecule has 3 nitrogen and oxygen atoms in total. The molecule has 1 N–H and O–H groups in total. The van der Waals surface area contributed by atoms with Crippen LogP contribution in [0.1, 0.15) is 5.69 Å². The fraction of sp³-hybridized carbons (Fsp3) is 0. The van der Waals surface area contributed by atoms with Gasteiger partial charge < -0.3 is 16.0 Å². The van der Waals surface area contributed by atoms with Gasteiger partial charge >= 0.3 is 0 Å². The predicted octanol–water partition coefficient (Wildman–Crippen LogP) is 1.50. The summed E-state index contributed by atoms with van der Waals surface area (Å²) < 4.78 is 0.226. The van der Waals surface area contributed by atoms with Crippen LogP contribution in [-0.2, 0) is 32.7 Å². The third-order valence-corrected chi connectivity index (χ3v) is 1.68. The first-order valence-electron chi connectivity index (χ1n) is 2.61. The van der Waals surface area contributed by atoms with Gasteiger partial charge in [-0.25, -0.2) is 32.8 Å². The summed E-state index contributed by atoms with van der Waals surface area (Å²) in [6.45, 7) is 0. The third-order valence-electron chi connectivity index (χ3n) is 0.909. The van der Waals surface area contributed by atoms with E-state index in [1.165, 1.54) is 6.08 Å². The molecule has 0 bridgehead atoms. The van der Waals surface area contributed by atoms with E-state index in [0.717, 1.165) is 0 Å². The van der Waals surface area contributed by atoms with Gasteiger partial charge in [0.05, 0.1) is 10.0 Å². The number of H-pyrrole nitrogens is 1. The molecular weight excluding hydrogens is 365 g/mol. The monoisotopic (exact) mass is 365 g/mol. The number of rotatable bonds is 1. The number of nitrogens with one attached hydrogen (secondary N) is 1. The first-order valence-corrected chi connectivity index (χ1v) is 4.19. The number of halogens is 2. The number of hydrogen-bond acceptors (Lipinski definition) is 2. The Labute approximate surface area is 111 Å². The van der Waals surface area contributed by atoms with Crippen molar-refractivity contribution < 1.29 is 32.7 Å². The van der Waals surface area contributed by atoms with Crippen LogP contribution in [0.25, 0.3) is 6.08 Å². The predicted molar refractivity (Wildman–Crippen MR) is 48.0 cm³/mol. The van der Waals surface area contributed by atoms with Crippen LogP contribution in [0, 0.1) is 11.1 Å². The van der Waals surface area contributed by atoms with Crippen LogP contribution in [0.4, 0.5) is 0 Å². The van der Waals surface area contributed by atoms with Crippen LogP contribution in [0.15, 0.2) is 9.40 Å². The molecule has 0 aliphatic rings. The number of hydrogen-bond donors (Lipinski definition) is 1. The van der Waals surface area contributed by atoms with Crippen LogP contribution in [0.3, 0.4) is 0 Å². The minimum absolute atomic E-state index is 0. The molecule has 0 spiro atoms. The Kier molecular flexibility index (Phi) is 6.54. The Morgan fingerprint density at radius 2 is 2.33 bits per heavy atom. The van der Waals surface area contributed by atoms with Gasteiger partial charge in [-0.05, 0) is 0 Å². The van der Waals surface area contributed by atoms with E-state index >= 15 is 0 Å². The average molecular weight is 367 g/mol. The van der Waals surface area contributed by atoms with Crippen LogP contribution in [0.2, 0.25) is 0 Å². The number of nitrogens with zero attached hydrogens (tertiary/aromatic N) is 1. The molecule has 0 saturated heterocycles. The van der Waals surface area contributed by atoms with E-state index in [9.17, 15) is 4.79 Å². The van der Waals surface area contributed by atoms with Crippen molar-refractivity contribution in [2.75, 3.05) is 0 Å². The fourth-order valence-electron chi connectivity index (χ4n) is 0.485. The molecule has 0 aromatic carbocycles. The topological polar surface area (TPSA) is 45.8 Å². The molecule has 0 amide bonds. The van der Waals surface area contributed by atoms with E-state index < -0.39 is 0 Å². The van der Waals surface area contributed by atoms with E-state index in [-0.39, 0.29) is 42.7 Å². The summed E-state index contributed by atoms with van der Waals surface area (Å²) in [5.74, 6) is 0. The molecule has 0 atom stereocenters. The molecule has 1 radical (unpaired) electrons. The van der Waals surface area contributed by atoms with Crippen LogP contribution < -0.4 is 5.43 Å². The molecular formula is C6H2Br2N2OY-2. The van der Waals surface area contributed by atoms with E-state index in [0.29, 0.717) is 5.69 Å². The molecule has 0 aliphatic heterocycles. The number of aromatic amines is 1. The zero-order valence-electron chi connectivity index (χ0n) is 5.77. The molecule has 1 aromatic heterocycles. The average Bonchev–Trinajstić information content (AvgIpc) is 1.98. The van der Waals surface area contributed by atoms with Crippen LogP contribution in [0.5, 0.6) is 0 Å². The van der Waals surface area contributed by atoms with Crippen molar-refractivity contribution in [1.82, 2.24) is 10.2 Å². The number of aromatic nitrogens is 2. The van der Waals surface area contributed by atoms with Gasteiger partial charge in [-0.2, -0.15) is 0 Å². The van der Waals surface area contributed by atoms with Crippen molar-refractivity contribution in [3.63, 3.8) is 0 Å². The molecule has 12 heavy (non-hydrogen) atoms. The second-order valence-electron chi connectivity index (χ2n) is 1.64. The van der Waals surface area contributed by atoms with Crippen molar-refractivity contribution in [2.45, 2.75) is 0 Å². The molecule has 1 aromatic rings. The summed E-state index contributed by atoms with van der Waals surface area (Å²) in [5.41, 5.74) is 0.202. The van der Waals surface area contributed by atoms with Gasteiger partial charge in [0.25, 0.3) is 0 Å². The van der Waals surface area contributed by atoms with Crippen LogP contribution in [-0.4, -0.2) is 10.2 Å². The zero-order chi connectivity index (χ0) is 8.27. The van der Waals surface area contributed by atoms with Crippen molar-refractivity contribution in [3.05, 3.63) is 31.6 Å². The maximum Gasteiger partial charge on any atom is 0.0853 e. The molecule has 0 fully saturated rings. The quantitative estimate of drug-likeness (QED) is 0.766. The summed E-state index contributed by atoms with van der Waals surface area (Å²) in [5, 5.41) is 6.23. The standard InChI is InChI=1S/C6H2Br2N2O.Y/c7-2-1-4-3-5(11)6(8)10-9-4;/h1H,(H,9,11);/q-2;. The van der Waals surface area contributed by atoms with Crippen molar-refractivity contribution in [3.8, 4) is 0 Å². The van der Waals surface area contributed by atoms with E-state index in [2.05, 4.69) is 53.1 Å². The molecule has 1 rings (SSSR count). The van der Waals surface area contributed by atoms with Crippen molar-refractivity contribution >= 4 is 37.9 Å². The summed E-state index contributed by atoms with van der Waals surface area (Å²) in [6.07, 6.45) is 1.51. The molecule has 0 saturated carbocycles. The van der Waals surface area contributed by atoms with Crippen molar-refractivity contribution in [1.29, 1.82) is 0 Å². The Hall–Kier alpha value is 0.684. The molecule has 0 aliphatic carbocycles. The van der Waals surface area contributed by atoms with Gasteiger partial charge in [0, 0.05) is 32.7 Å². The normalized spacial score (nSPS) is 9.83. The SMILES string of the molecule is O=c1[c-]c(C=[C-]Br)[nH]nc1Br.[Y]. The summed E-state index contributed by atoms with van der Waals surface area (Å²) in [7, 11) is 0. The Balaban J connectivity index is 0.00000121. The second-order valence-corrected chi connectivity index (χ2v) is 2.84. The summed E-state index contributed by atoms with van der Waals surface area (Å²) in [6, 6.07) is 2.51. The Morgan fingerprint density at radius 1 is 1.67 bits per heavy atom. The fourth-order valence-corrected chi connectivity index (χ4v) is 0.902. The summed E-state index contributed by atoms with van der Waals surface area (Å²) in [4.78, 5) is 13.4. The van der Waals surface area contributed by atoms with Gasteiger partial charge in [-0.1, -0.05) is 0 Å². The maximum absolute atomic E-state index is 10.9. The third kappa shape index (κ3) is 3.60. The van der Waals surface area contributed by atoms with Gasteiger partial charge in [0.1, 0.15) is 0 Å². The van der Waals surface area contributed by atoms with Gasteiger partial charge in [0.2, 0.25) is 0 Å². The maximum atomic E-state index is 10.9. The first-order chi connectivity index (χ1) is 5.24. The summed E-state index contributed by atoms with van der Waals surface area (Å²) >= 11 is 5.89. The Morgan fingerprint density at radius 3 is 2.83 bits per heavy atom. The zero-order valence-corrected chi connectivity index (χ0v) is 11.8. The van der Waals surface area contributed by atoms with Crippen LogP contribution >= 0.6 is 31.9 Å². The molecule has 61 valence electrons. The van der Waals surface area contributed by atoms with Crippen molar-refractivity contribution in [2.24, 2.45) is 0 Å². The Bertz CT molecular complexity index is 337. The van der Waals surface area contributed by atoms with Gasteiger partial charge in [-0.3, -0.25) is 4.99 Å². The second kappa shape index (κ2) is 6.19. The molecule has 1 heterocycles. The first kappa shape index (κ1) is 12.7. The van der Waals surface area contributed by atoms with Gasteiger partial charge in [-0.15, -0.1) is 15.9 Å². The minimum atomic E-state index is -0.280. The van der Waals surface area contributed by atoms with E-state index in [1.54, 1.807) is 0 Å². The van der Waals surface area contributed by atoms with E-state index in [1.807, 2.05) is 0 Å². The minimum Gasteiger partial charge on any atom is -0.391 e.